The SMILES string of the molecule is ClC=CCONC=CCl. The molecule has 0 aliphatic carbocycles. The molecule has 0 aromatic rings. The smallest absolute Gasteiger partial charge is 0.0938 e. The largest absolute Gasteiger partial charge is 0.273 e. The van der Waals surface area contributed by atoms with E-state index in [1.807, 2.05) is 0 Å². The Hall–Kier alpha value is -0.180. The molecule has 0 radical (unpaired) electrons. The van der Waals surface area contributed by atoms with Crippen LogP contribution in [0.15, 0.2) is 23.3 Å². The van der Waals surface area contributed by atoms with Gasteiger partial charge in [0.1, 0.15) is 0 Å². The predicted octanol–water partition coefficient (Wildman–Crippen LogP) is 1.97. The molecule has 0 aromatic carbocycles. The van der Waals surface area contributed by atoms with E-state index in [1.54, 1.807) is 6.08 Å². The summed E-state index contributed by atoms with van der Waals surface area (Å²) in [6.07, 6.45) is 3.11. The Morgan fingerprint density at radius 1 is 1.33 bits per heavy atom. The van der Waals surface area contributed by atoms with Crippen LogP contribution in [-0.4, -0.2) is 6.61 Å². The molecule has 0 aliphatic rings. The molecule has 0 fully saturated rings. The van der Waals surface area contributed by atoms with Crippen LogP contribution in [0.4, 0.5) is 0 Å². The zero-order valence-electron chi connectivity index (χ0n) is 4.68. The van der Waals surface area contributed by atoms with Crippen molar-refractivity contribution in [3.63, 3.8) is 0 Å². The Morgan fingerprint density at radius 3 is 2.67 bits per heavy atom. The minimum absolute atomic E-state index is 0.421. The van der Waals surface area contributed by atoms with Crippen molar-refractivity contribution in [3.05, 3.63) is 23.3 Å². The van der Waals surface area contributed by atoms with Gasteiger partial charge >= 0.3 is 0 Å². The maximum atomic E-state index is 5.18. The van der Waals surface area contributed by atoms with Gasteiger partial charge in [0, 0.05) is 17.3 Å². The summed E-state index contributed by atoms with van der Waals surface area (Å²) < 4.78 is 0. The van der Waals surface area contributed by atoms with E-state index < -0.39 is 0 Å². The summed E-state index contributed by atoms with van der Waals surface area (Å²) in [6, 6.07) is 0. The zero-order chi connectivity index (χ0) is 6.95. The van der Waals surface area contributed by atoms with Crippen LogP contribution in [0.2, 0.25) is 0 Å². The van der Waals surface area contributed by atoms with Crippen LogP contribution in [0.1, 0.15) is 0 Å². The zero-order valence-corrected chi connectivity index (χ0v) is 6.19. The number of rotatable bonds is 4. The van der Waals surface area contributed by atoms with Gasteiger partial charge in [-0.15, -0.1) is 0 Å². The van der Waals surface area contributed by atoms with E-state index >= 15 is 0 Å². The Labute approximate surface area is 64.0 Å². The minimum Gasteiger partial charge on any atom is -0.273 e. The molecule has 0 atom stereocenters. The fraction of sp³-hybridized carbons (Fsp3) is 0.200. The van der Waals surface area contributed by atoms with Crippen molar-refractivity contribution in [2.75, 3.05) is 6.61 Å². The first kappa shape index (κ1) is 8.82. The van der Waals surface area contributed by atoms with E-state index in [2.05, 4.69) is 5.48 Å². The molecule has 0 saturated carbocycles. The highest BCUT2D eigenvalue weighted by atomic mass is 35.5. The number of nitrogens with one attached hydrogen (secondary N) is 1. The molecule has 0 aliphatic heterocycles. The van der Waals surface area contributed by atoms with Crippen molar-refractivity contribution in [1.82, 2.24) is 5.48 Å². The third-order valence-corrected chi connectivity index (χ3v) is 0.787. The Kier molecular flexibility index (Phi) is 7.66. The molecule has 4 heteroatoms. The van der Waals surface area contributed by atoms with Crippen molar-refractivity contribution in [2.24, 2.45) is 0 Å². The maximum absolute atomic E-state index is 5.18. The van der Waals surface area contributed by atoms with E-state index in [0.29, 0.717) is 6.61 Å². The van der Waals surface area contributed by atoms with Crippen molar-refractivity contribution >= 4 is 23.2 Å². The first-order valence-corrected chi connectivity index (χ1v) is 3.17. The molecule has 0 amide bonds. The molecule has 0 unspecified atom stereocenters. The predicted molar refractivity (Wildman–Crippen MR) is 39.1 cm³/mol. The summed E-state index contributed by atoms with van der Waals surface area (Å²) in [7, 11) is 0. The first-order chi connectivity index (χ1) is 4.41. The minimum atomic E-state index is 0.421. The number of hydrogen-bond acceptors (Lipinski definition) is 2. The standard InChI is InChI=1S/C5H7Cl2NO/c6-2-1-5-9-8-4-3-7/h1-4,8H,5H2. The van der Waals surface area contributed by atoms with Gasteiger partial charge in [-0.2, -0.15) is 0 Å². The van der Waals surface area contributed by atoms with Crippen LogP contribution < -0.4 is 5.48 Å². The van der Waals surface area contributed by atoms with Crippen LogP contribution in [0.25, 0.3) is 0 Å². The van der Waals surface area contributed by atoms with Crippen LogP contribution in [-0.2, 0) is 4.84 Å². The molecule has 0 heterocycles. The molecular weight excluding hydrogens is 161 g/mol. The van der Waals surface area contributed by atoms with Crippen molar-refractivity contribution < 1.29 is 4.84 Å². The average Bonchev–Trinajstić information content (AvgIpc) is 1.89. The highest BCUT2D eigenvalue weighted by molar-refractivity contribution is 6.25. The number of halogens is 2. The van der Waals surface area contributed by atoms with E-state index in [-0.39, 0.29) is 0 Å². The fourth-order valence-electron chi connectivity index (χ4n) is 0.206. The maximum Gasteiger partial charge on any atom is 0.0938 e. The highest BCUT2D eigenvalue weighted by Gasteiger charge is 1.72. The van der Waals surface area contributed by atoms with Crippen LogP contribution in [0.3, 0.4) is 0 Å². The topological polar surface area (TPSA) is 21.3 Å². The lowest BCUT2D eigenvalue weighted by Crippen LogP contribution is -2.05. The summed E-state index contributed by atoms with van der Waals surface area (Å²) in [5.41, 5.74) is 5.14. The molecule has 0 spiro atoms. The summed E-state index contributed by atoms with van der Waals surface area (Å²) >= 11 is 10.3. The van der Waals surface area contributed by atoms with E-state index in [9.17, 15) is 0 Å². The number of hydrogen-bond donors (Lipinski definition) is 1. The van der Waals surface area contributed by atoms with Crippen LogP contribution in [0.5, 0.6) is 0 Å². The Balaban J connectivity index is 2.91. The van der Waals surface area contributed by atoms with Gasteiger partial charge in [-0.25, -0.2) is 0 Å². The number of hydroxylamine groups is 1. The molecule has 1 N–H and O–H groups in total. The van der Waals surface area contributed by atoms with Gasteiger partial charge < -0.3 is 0 Å². The molecule has 0 bridgehead atoms. The van der Waals surface area contributed by atoms with Gasteiger partial charge in [-0.3, -0.25) is 10.3 Å². The van der Waals surface area contributed by atoms with Gasteiger partial charge in [0.15, 0.2) is 0 Å². The summed E-state index contributed by atoms with van der Waals surface area (Å²) in [6.45, 7) is 0.421. The molecule has 2 nitrogen and oxygen atoms in total. The van der Waals surface area contributed by atoms with E-state index in [1.165, 1.54) is 17.3 Å². The summed E-state index contributed by atoms with van der Waals surface area (Å²) in [5, 5.41) is 0. The van der Waals surface area contributed by atoms with Gasteiger partial charge in [0.25, 0.3) is 0 Å². The molecule has 0 aromatic heterocycles. The third-order valence-electron chi connectivity index (χ3n) is 0.483. The molecule has 9 heavy (non-hydrogen) atoms. The fourth-order valence-corrected chi connectivity index (χ4v) is 0.331. The second kappa shape index (κ2) is 7.82. The quantitative estimate of drug-likeness (QED) is 0.511. The van der Waals surface area contributed by atoms with Crippen LogP contribution >= 0.6 is 23.2 Å². The second-order valence-corrected chi connectivity index (χ2v) is 1.59. The molecule has 0 saturated heterocycles. The lowest BCUT2D eigenvalue weighted by atomic mass is 10.7. The lowest BCUT2D eigenvalue weighted by molar-refractivity contribution is 0.0957. The molecule has 0 rings (SSSR count). The lowest BCUT2D eigenvalue weighted by Gasteiger charge is -1.94. The molecular formula is C5H7Cl2NO. The Bertz CT molecular complexity index is 91.1. The van der Waals surface area contributed by atoms with Gasteiger partial charge in [-0.05, 0) is 6.08 Å². The van der Waals surface area contributed by atoms with Gasteiger partial charge in [0.2, 0.25) is 0 Å². The average molecular weight is 168 g/mol. The third kappa shape index (κ3) is 7.82. The van der Waals surface area contributed by atoms with E-state index in [4.69, 9.17) is 28.0 Å². The van der Waals surface area contributed by atoms with E-state index in [0.717, 1.165) is 0 Å². The van der Waals surface area contributed by atoms with Gasteiger partial charge in [-0.1, -0.05) is 23.2 Å². The Morgan fingerprint density at radius 2 is 2.11 bits per heavy atom. The monoisotopic (exact) mass is 167 g/mol. The molecule has 52 valence electrons. The summed E-state index contributed by atoms with van der Waals surface area (Å²) in [4.78, 5) is 4.72. The second-order valence-electron chi connectivity index (χ2n) is 1.08. The normalized spacial score (nSPS) is 11.3. The van der Waals surface area contributed by atoms with Crippen molar-refractivity contribution in [1.29, 1.82) is 0 Å². The summed E-state index contributed by atoms with van der Waals surface area (Å²) in [5.74, 6) is 0. The highest BCUT2D eigenvalue weighted by Crippen LogP contribution is 1.78. The van der Waals surface area contributed by atoms with Crippen LogP contribution in [0, 0.1) is 0 Å². The van der Waals surface area contributed by atoms with Crippen molar-refractivity contribution in [2.45, 2.75) is 0 Å². The van der Waals surface area contributed by atoms with Gasteiger partial charge in [0.05, 0.1) is 6.61 Å². The first-order valence-electron chi connectivity index (χ1n) is 2.29. The van der Waals surface area contributed by atoms with Crippen molar-refractivity contribution in [3.8, 4) is 0 Å².